The zero-order valence-corrected chi connectivity index (χ0v) is 13.6. The fourth-order valence-corrected chi connectivity index (χ4v) is 2.86. The van der Waals surface area contributed by atoms with E-state index >= 15 is 0 Å². The summed E-state index contributed by atoms with van der Waals surface area (Å²) in [5.74, 6) is -0.376. The first-order valence-corrected chi connectivity index (χ1v) is 8.22. The van der Waals surface area contributed by atoms with Crippen molar-refractivity contribution in [3.05, 3.63) is 35.9 Å². The van der Waals surface area contributed by atoms with Gasteiger partial charge in [0.05, 0.1) is 0 Å². The average molecular weight is 318 g/mol. The normalized spacial score (nSPS) is 20.4. The number of hydrogen-bond acceptors (Lipinski definition) is 4. The molecule has 4 N–H and O–H groups in total. The van der Waals surface area contributed by atoms with Crippen LogP contribution in [0.5, 0.6) is 0 Å². The molecule has 0 bridgehead atoms. The van der Waals surface area contributed by atoms with Gasteiger partial charge in [-0.1, -0.05) is 43.7 Å². The molecule has 1 fully saturated rings. The molecular formula is C17H26N4O2. The van der Waals surface area contributed by atoms with Crippen molar-refractivity contribution < 1.29 is 9.59 Å². The van der Waals surface area contributed by atoms with E-state index in [0.717, 1.165) is 24.8 Å². The average Bonchev–Trinajstić information content (AvgIpc) is 3.00. The van der Waals surface area contributed by atoms with Crippen LogP contribution >= 0.6 is 0 Å². The number of primary amides is 1. The number of carbonyl (C=O) groups excluding carboxylic acids is 2. The molecular weight excluding hydrogens is 292 g/mol. The Morgan fingerprint density at radius 1 is 1.26 bits per heavy atom. The summed E-state index contributed by atoms with van der Waals surface area (Å²) < 4.78 is 0. The maximum Gasteiger partial charge on any atom is 0.241 e. The Morgan fingerprint density at radius 2 is 2.00 bits per heavy atom. The predicted molar refractivity (Wildman–Crippen MR) is 89.0 cm³/mol. The monoisotopic (exact) mass is 318 g/mol. The zero-order chi connectivity index (χ0) is 16.7. The van der Waals surface area contributed by atoms with Crippen molar-refractivity contribution in [2.24, 2.45) is 5.73 Å². The Hall–Kier alpha value is -1.92. The van der Waals surface area contributed by atoms with Crippen LogP contribution < -0.4 is 16.6 Å². The lowest BCUT2D eigenvalue weighted by molar-refractivity contribution is -0.134. The van der Waals surface area contributed by atoms with Gasteiger partial charge in [0.2, 0.25) is 11.8 Å². The van der Waals surface area contributed by atoms with E-state index in [1.807, 2.05) is 30.3 Å². The van der Waals surface area contributed by atoms with E-state index < -0.39 is 5.91 Å². The highest BCUT2D eigenvalue weighted by Crippen LogP contribution is 2.14. The minimum Gasteiger partial charge on any atom is -0.370 e. The van der Waals surface area contributed by atoms with Crippen LogP contribution in [-0.4, -0.2) is 35.3 Å². The molecule has 2 rings (SSSR count). The quantitative estimate of drug-likeness (QED) is 0.665. The van der Waals surface area contributed by atoms with E-state index in [9.17, 15) is 9.59 Å². The number of nitrogens with two attached hydrogens (primary N) is 1. The third-order valence-electron chi connectivity index (χ3n) is 4.07. The van der Waals surface area contributed by atoms with Crippen molar-refractivity contribution in [3.63, 3.8) is 0 Å². The van der Waals surface area contributed by atoms with Gasteiger partial charge in [-0.2, -0.15) is 0 Å². The lowest BCUT2D eigenvalue weighted by Gasteiger charge is -2.25. The van der Waals surface area contributed by atoms with Gasteiger partial charge in [-0.15, -0.1) is 0 Å². The van der Waals surface area contributed by atoms with Crippen molar-refractivity contribution >= 4 is 11.8 Å². The molecule has 0 spiro atoms. The molecule has 1 heterocycles. The fourth-order valence-electron chi connectivity index (χ4n) is 2.86. The molecule has 23 heavy (non-hydrogen) atoms. The van der Waals surface area contributed by atoms with Crippen LogP contribution in [0.4, 0.5) is 0 Å². The summed E-state index contributed by atoms with van der Waals surface area (Å²) in [7, 11) is 0. The van der Waals surface area contributed by atoms with E-state index in [4.69, 9.17) is 5.73 Å². The fraction of sp³-hybridized carbons (Fsp3) is 0.529. The largest absolute Gasteiger partial charge is 0.370 e. The summed E-state index contributed by atoms with van der Waals surface area (Å²) >= 11 is 0. The van der Waals surface area contributed by atoms with E-state index in [1.54, 1.807) is 4.90 Å². The first-order chi connectivity index (χ1) is 11.1. The Morgan fingerprint density at radius 3 is 2.65 bits per heavy atom. The molecule has 2 unspecified atom stereocenters. The molecule has 0 radical (unpaired) electrons. The molecule has 1 saturated heterocycles. The van der Waals surface area contributed by atoms with Crippen molar-refractivity contribution in [3.8, 4) is 0 Å². The number of rotatable bonds is 8. The van der Waals surface area contributed by atoms with Gasteiger partial charge in [-0.25, -0.2) is 5.43 Å². The van der Waals surface area contributed by atoms with Crippen LogP contribution in [0.1, 0.15) is 38.2 Å². The molecule has 1 aliphatic heterocycles. The second-order valence-corrected chi connectivity index (χ2v) is 6.02. The van der Waals surface area contributed by atoms with Gasteiger partial charge in [0, 0.05) is 25.6 Å². The Labute approximate surface area is 137 Å². The lowest BCUT2D eigenvalue weighted by atomic mass is 10.0. The van der Waals surface area contributed by atoms with E-state index in [1.165, 1.54) is 0 Å². The van der Waals surface area contributed by atoms with Crippen LogP contribution in [0.15, 0.2) is 30.3 Å². The third-order valence-corrected chi connectivity index (χ3v) is 4.07. The summed E-state index contributed by atoms with van der Waals surface area (Å²) in [6.45, 7) is 2.97. The van der Waals surface area contributed by atoms with Crippen LogP contribution in [0, 0.1) is 0 Å². The zero-order valence-electron chi connectivity index (χ0n) is 13.6. The molecule has 2 amide bonds. The van der Waals surface area contributed by atoms with E-state index in [-0.39, 0.29) is 18.4 Å². The number of nitrogens with zero attached hydrogens (tertiary/aromatic N) is 1. The van der Waals surface area contributed by atoms with Crippen LogP contribution in [-0.2, 0) is 16.1 Å². The van der Waals surface area contributed by atoms with E-state index in [0.29, 0.717) is 19.1 Å². The van der Waals surface area contributed by atoms with Gasteiger partial charge in [-0.05, 0) is 18.4 Å². The van der Waals surface area contributed by atoms with Crippen molar-refractivity contribution in [1.29, 1.82) is 0 Å². The Bertz CT molecular complexity index is 521. The summed E-state index contributed by atoms with van der Waals surface area (Å²) in [4.78, 5) is 25.6. The molecule has 1 aromatic carbocycles. The topological polar surface area (TPSA) is 87.5 Å². The molecule has 0 saturated carbocycles. The smallest absolute Gasteiger partial charge is 0.241 e. The molecule has 1 aromatic rings. The van der Waals surface area contributed by atoms with Gasteiger partial charge in [-0.3, -0.25) is 15.0 Å². The summed E-state index contributed by atoms with van der Waals surface area (Å²) in [5.41, 5.74) is 12.6. The second kappa shape index (κ2) is 8.64. The summed E-state index contributed by atoms with van der Waals surface area (Å²) in [5, 5.41) is 0. The lowest BCUT2D eigenvalue weighted by Crippen LogP contribution is -2.46. The van der Waals surface area contributed by atoms with Crippen molar-refractivity contribution in [2.45, 2.75) is 51.2 Å². The van der Waals surface area contributed by atoms with Gasteiger partial charge in [0.1, 0.15) is 6.04 Å². The van der Waals surface area contributed by atoms with E-state index in [2.05, 4.69) is 17.8 Å². The molecule has 0 aromatic heterocycles. The third kappa shape index (κ3) is 5.33. The number of hydrogen-bond donors (Lipinski definition) is 3. The Kier molecular flexibility index (Phi) is 6.55. The maximum atomic E-state index is 12.8. The second-order valence-electron chi connectivity index (χ2n) is 6.02. The molecule has 2 atom stereocenters. The molecule has 126 valence electrons. The number of benzene rings is 1. The predicted octanol–water partition coefficient (Wildman–Crippen LogP) is 0.926. The SMILES string of the molecule is CCCC1CC(C(=O)N(CCC(N)=O)Cc2ccccc2)NN1. The minimum absolute atomic E-state index is 0.0150. The standard InChI is InChI=1S/C17H26N4O2/c1-2-6-14-11-15(20-19-14)17(23)21(10-9-16(18)22)12-13-7-4-3-5-8-13/h3-5,7-8,14-15,19-20H,2,6,9-12H2,1H3,(H2,18,22). The molecule has 6 nitrogen and oxygen atoms in total. The highest BCUT2D eigenvalue weighted by atomic mass is 16.2. The molecule has 0 aliphatic carbocycles. The van der Waals surface area contributed by atoms with Crippen LogP contribution in [0.2, 0.25) is 0 Å². The van der Waals surface area contributed by atoms with Crippen LogP contribution in [0.3, 0.4) is 0 Å². The highest BCUT2D eigenvalue weighted by Gasteiger charge is 2.31. The van der Waals surface area contributed by atoms with Gasteiger partial charge in [0.25, 0.3) is 0 Å². The number of hydrazine groups is 1. The maximum absolute atomic E-state index is 12.8. The first kappa shape index (κ1) is 17.4. The van der Waals surface area contributed by atoms with Gasteiger partial charge >= 0.3 is 0 Å². The first-order valence-electron chi connectivity index (χ1n) is 8.22. The summed E-state index contributed by atoms with van der Waals surface area (Å²) in [6.07, 6.45) is 3.07. The van der Waals surface area contributed by atoms with Crippen molar-refractivity contribution in [2.75, 3.05) is 6.54 Å². The molecule has 1 aliphatic rings. The Balaban J connectivity index is 2.00. The number of amides is 2. The number of nitrogens with one attached hydrogen (secondary N) is 2. The van der Waals surface area contributed by atoms with Gasteiger partial charge < -0.3 is 10.6 Å². The highest BCUT2D eigenvalue weighted by molar-refractivity contribution is 5.83. The summed E-state index contributed by atoms with van der Waals surface area (Å²) in [6, 6.07) is 9.86. The molecule has 6 heteroatoms. The van der Waals surface area contributed by atoms with Crippen LogP contribution in [0.25, 0.3) is 0 Å². The van der Waals surface area contributed by atoms with Gasteiger partial charge in [0.15, 0.2) is 0 Å². The number of carbonyl (C=O) groups is 2. The minimum atomic E-state index is -0.391. The van der Waals surface area contributed by atoms with Crippen molar-refractivity contribution in [1.82, 2.24) is 15.8 Å².